The van der Waals surface area contributed by atoms with Crippen molar-refractivity contribution in [1.29, 1.82) is 0 Å². The summed E-state index contributed by atoms with van der Waals surface area (Å²) in [6, 6.07) is 5.99. The molecule has 1 aliphatic carbocycles. The van der Waals surface area contributed by atoms with Crippen LogP contribution in [0.5, 0.6) is 5.75 Å². The van der Waals surface area contributed by atoms with Gasteiger partial charge in [0.2, 0.25) is 0 Å². The smallest absolute Gasteiger partial charge is 0.137 e. The molecule has 1 atom stereocenters. The van der Waals surface area contributed by atoms with E-state index in [4.69, 9.17) is 22.1 Å². The molecule has 2 rings (SSSR count). The fourth-order valence-corrected chi connectivity index (χ4v) is 3.69. The van der Waals surface area contributed by atoms with Crippen LogP contribution in [0.1, 0.15) is 58.1 Å². The van der Waals surface area contributed by atoms with Gasteiger partial charge in [0, 0.05) is 6.04 Å². The van der Waals surface area contributed by atoms with Crippen molar-refractivity contribution in [3.8, 4) is 5.75 Å². The van der Waals surface area contributed by atoms with Gasteiger partial charge >= 0.3 is 0 Å². The van der Waals surface area contributed by atoms with Crippen molar-refractivity contribution in [2.75, 3.05) is 7.11 Å². The normalized spacial score (nSPS) is 24.7. The summed E-state index contributed by atoms with van der Waals surface area (Å²) in [5, 5.41) is 0.643. The van der Waals surface area contributed by atoms with Gasteiger partial charge in [-0.25, -0.2) is 0 Å². The maximum absolute atomic E-state index is 6.50. The fourth-order valence-electron chi connectivity index (χ4n) is 3.50. The zero-order chi connectivity index (χ0) is 15.6. The van der Waals surface area contributed by atoms with Gasteiger partial charge < -0.3 is 10.5 Å². The molecular formula is C18H28ClNO. The molecule has 0 amide bonds. The molecule has 2 nitrogen and oxygen atoms in total. The Morgan fingerprint density at radius 1 is 1.19 bits per heavy atom. The number of hydrogen-bond acceptors (Lipinski definition) is 2. The number of hydrogen-bond donors (Lipinski definition) is 1. The summed E-state index contributed by atoms with van der Waals surface area (Å²) in [5.41, 5.74) is 8.05. The van der Waals surface area contributed by atoms with Crippen LogP contribution >= 0.6 is 11.6 Å². The van der Waals surface area contributed by atoms with E-state index in [0.717, 1.165) is 11.5 Å². The Morgan fingerprint density at radius 2 is 1.81 bits per heavy atom. The van der Waals surface area contributed by atoms with E-state index in [0.29, 0.717) is 22.1 Å². The van der Waals surface area contributed by atoms with Gasteiger partial charge in [-0.05, 0) is 60.6 Å². The van der Waals surface area contributed by atoms with Crippen LogP contribution in [0.3, 0.4) is 0 Å². The summed E-state index contributed by atoms with van der Waals surface area (Å²) < 4.78 is 5.30. The molecule has 1 unspecified atom stereocenters. The Balaban J connectivity index is 2.03. The molecule has 1 fully saturated rings. The van der Waals surface area contributed by atoms with Crippen LogP contribution in [0, 0.1) is 17.3 Å². The molecule has 0 aliphatic heterocycles. The molecule has 1 aromatic carbocycles. The van der Waals surface area contributed by atoms with E-state index >= 15 is 0 Å². The van der Waals surface area contributed by atoms with E-state index in [1.807, 2.05) is 18.2 Å². The van der Waals surface area contributed by atoms with Crippen LogP contribution in [0.15, 0.2) is 18.2 Å². The van der Waals surface area contributed by atoms with Gasteiger partial charge in [-0.3, -0.25) is 0 Å². The molecule has 118 valence electrons. The van der Waals surface area contributed by atoms with Crippen LogP contribution in [0.4, 0.5) is 0 Å². The summed E-state index contributed by atoms with van der Waals surface area (Å²) >= 11 is 6.09. The van der Waals surface area contributed by atoms with Crippen molar-refractivity contribution < 1.29 is 4.74 Å². The second-order valence-corrected chi connectivity index (χ2v) is 7.80. The third-order valence-corrected chi connectivity index (χ3v) is 5.38. The average molecular weight is 310 g/mol. The highest BCUT2D eigenvalue weighted by molar-refractivity contribution is 6.32. The molecular weight excluding hydrogens is 282 g/mol. The molecule has 2 N–H and O–H groups in total. The minimum absolute atomic E-state index is 0.0806. The van der Waals surface area contributed by atoms with Gasteiger partial charge in [-0.2, -0.15) is 0 Å². The molecule has 1 aromatic rings. The van der Waals surface area contributed by atoms with E-state index in [9.17, 15) is 0 Å². The first-order valence-electron chi connectivity index (χ1n) is 7.92. The molecule has 0 bridgehead atoms. The molecule has 0 spiro atoms. The lowest BCUT2D eigenvalue weighted by Crippen LogP contribution is -2.30. The molecule has 1 aliphatic rings. The molecule has 0 saturated heterocycles. The van der Waals surface area contributed by atoms with Crippen LogP contribution in [0.25, 0.3) is 0 Å². The first-order chi connectivity index (χ1) is 9.82. The minimum atomic E-state index is 0.0806. The predicted molar refractivity (Wildman–Crippen MR) is 89.8 cm³/mol. The van der Waals surface area contributed by atoms with Crippen molar-refractivity contribution in [3.63, 3.8) is 0 Å². The summed E-state index contributed by atoms with van der Waals surface area (Å²) in [7, 11) is 1.64. The first kappa shape index (κ1) is 16.6. The highest BCUT2D eigenvalue weighted by Gasteiger charge is 2.32. The number of nitrogens with two attached hydrogens (primary N) is 1. The van der Waals surface area contributed by atoms with E-state index in [-0.39, 0.29) is 6.04 Å². The Labute approximate surface area is 134 Å². The third-order valence-electron chi connectivity index (χ3n) is 5.06. The maximum atomic E-state index is 6.50. The standard InChI is InChI=1S/C18H28ClNO/c1-18(2,3)14-8-5-12(6-9-14)17(20)13-7-10-15(19)16(11-13)21-4/h7,10-12,14,17H,5-6,8-9,20H2,1-4H3. The van der Waals surface area contributed by atoms with Crippen LogP contribution in [-0.4, -0.2) is 7.11 Å². The number of methoxy groups -OCH3 is 1. The zero-order valence-electron chi connectivity index (χ0n) is 13.7. The lowest BCUT2D eigenvalue weighted by molar-refractivity contribution is 0.139. The lowest BCUT2D eigenvalue weighted by atomic mass is 9.68. The molecule has 1 saturated carbocycles. The van der Waals surface area contributed by atoms with Crippen molar-refractivity contribution >= 4 is 11.6 Å². The summed E-state index contributed by atoms with van der Waals surface area (Å²) in [4.78, 5) is 0. The van der Waals surface area contributed by atoms with Gasteiger partial charge in [0.1, 0.15) is 5.75 Å². The molecule has 3 heteroatoms. The first-order valence-corrected chi connectivity index (χ1v) is 8.29. The zero-order valence-corrected chi connectivity index (χ0v) is 14.4. The van der Waals surface area contributed by atoms with Crippen molar-refractivity contribution in [2.45, 2.75) is 52.5 Å². The predicted octanol–water partition coefficient (Wildman–Crippen LogP) is 5.20. The Morgan fingerprint density at radius 3 is 2.33 bits per heavy atom. The van der Waals surface area contributed by atoms with Crippen molar-refractivity contribution in [1.82, 2.24) is 0 Å². The second kappa shape index (κ2) is 6.58. The number of benzene rings is 1. The van der Waals surface area contributed by atoms with E-state index in [1.54, 1.807) is 7.11 Å². The molecule has 0 radical (unpaired) electrons. The highest BCUT2D eigenvalue weighted by atomic mass is 35.5. The van der Waals surface area contributed by atoms with Gasteiger partial charge in [0.25, 0.3) is 0 Å². The van der Waals surface area contributed by atoms with Crippen molar-refractivity contribution in [3.05, 3.63) is 28.8 Å². The maximum Gasteiger partial charge on any atom is 0.137 e. The monoisotopic (exact) mass is 309 g/mol. The Hall–Kier alpha value is -0.730. The summed E-state index contributed by atoms with van der Waals surface area (Å²) in [6.07, 6.45) is 5.00. The SMILES string of the molecule is COc1cc(C(N)C2CCC(C(C)(C)C)CC2)ccc1Cl. The highest BCUT2D eigenvalue weighted by Crippen LogP contribution is 2.43. The topological polar surface area (TPSA) is 35.2 Å². The van der Waals surface area contributed by atoms with Crippen LogP contribution in [-0.2, 0) is 0 Å². The molecule has 21 heavy (non-hydrogen) atoms. The van der Waals surface area contributed by atoms with Crippen LogP contribution in [0.2, 0.25) is 5.02 Å². The Bertz CT molecular complexity index is 473. The Kier molecular flexibility index (Phi) is 5.21. The van der Waals surface area contributed by atoms with Gasteiger partial charge in [-0.15, -0.1) is 0 Å². The molecule has 0 aromatic heterocycles. The summed E-state index contributed by atoms with van der Waals surface area (Å²) in [5.74, 6) is 2.10. The summed E-state index contributed by atoms with van der Waals surface area (Å²) in [6.45, 7) is 7.05. The lowest BCUT2D eigenvalue weighted by Gasteiger charge is -2.38. The quantitative estimate of drug-likeness (QED) is 0.832. The average Bonchev–Trinajstić information content (AvgIpc) is 2.46. The van der Waals surface area contributed by atoms with Gasteiger partial charge in [-0.1, -0.05) is 38.4 Å². The number of ether oxygens (including phenoxy) is 1. The van der Waals surface area contributed by atoms with Gasteiger partial charge in [0.15, 0.2) is 0 Å². The largest absolute Gasteiger partial charge is 0.495 e. The second-order valence-electron chi connectivity index (χ2n) is 7.40. The van der Waals surface area contributed by atoms with E-state index in [2.05, 4.69) is 20.8 Å². The van der Waals surface area contributed by atoms with Crippen molar-refractivity contribution in [2.24, 2.45) is 23.0 Å². The van der Waals surface area contributed by atoms with Crippen LogP contribution < -0.4 is 10.5 Å². The van der Waals surface area contributed by atoms with E-state index in [1.165, 1.54) is 25.7 Å². The number of rotatable bonds is 3. The van der Waals surface area contributed by atoms with Gasteiger partial charge in [0.05, 0.1) is 12.1 Å². The third kappa shape index (κ3) is 3.92. The fraction of sp³-hybridized carbons (Fsp3) is 0.667. The molecule has 0 heterocycles. The minimum Gasteiger partial charge on any atom is -0.495 e. The number of halogens is 1. The van der Waals surface area contributed by atoms with E-state index < -0.39 is 0 Å².